The highest BCUT2D eigenvalue weighted by Crippen LogP contribution is 2.19. The zero-order valence-corrected chi connectivity index (χ0v) is 20.2. The summed E-state index contributed by atoms with van der Waals surface area (Å²) in [5.74, 6) is -0.319. The van der Waals surface area contributed by atoms with E-state index in [0.29, 0.717) is 16.7 Å². The molecule has 29 heavy (non-hydrogen) atoms. The number of benzene rings is 1. The number of Topliss-reactive ketones (excluding diaryl/α,β-unsaturated/α-hetero) is 3. The van der Waals surface area contributed by atoms with Crippen molar-refractivity contribution >= 4 is 17.3 Å². The quantitative estimate of drug-likeness (QED) is 0.370. The van der Waals surface area contributed by atoms with Crippen LogP contribution in [-0.2, 0) is 0 Å². The van der Waals surface area contributed by atoms with Gasteiger partial charge in [0.15, 0.2) is 17.3 Å². The molecule has 0 fully saturated rings. The molecule has 0 saturated heterocycles. The Morgan fingerprint density at radius 3 is 1.14 bits per heavy atom. The van der Waals surface area contributed by atoms with Gasteiger partial charge in [-0.2, -0.15) is 0 Å². The maximum absolute atomic E-state index is 12.3. The van der Waals surface area contributed by atoms with Gasteiger partial charge in [-0.3, -0.25) is 14.4 Å². The molecular formula is C26H44O3. The van der Waals surface area contributed by atoms with E-state index in [9.17, 15) is 14.4 Å². The molecule has 0 heterocycles. The zero-order valence-electron chi connectivity index (χ0n) is 20.2. The molecule has 0 atom stereocenters. The molecule has 3 nitrogen and oxygen atoms in total. The van der Waals surface area contributed by atoms with E-state index in [1.165, 1.54) is 52.4 Å². The maximum atomic E-state index is 12.3. The second-order valence-electron chi connectivity index (χ2n) is 7.50. The fourth-order valence-electron chi connectivity index (χ4n) is 2.78. The molecule has 0 bridgehead atoms. The SMILES string of the molecule is CCC(CC)C(=O)c1cc(C(C)=O)cc(C(C)=O)c1.CCCCC.CCCCC. The second kappa shape index (κ2) is 18.3. The average Bonchev–Trinajstić information content (AvgIpc) is 2.70. The number of rotatable bonds is 10. The Labute approximate surface area is 179 Å². The van der Waals surface area contributed by atoms with Gasteiger partial charge < -0.3 is 0 Å². The molecule has 0 saturated carbocycles. The van der Waals surface area contributed by atoms with Gasteiger partial charge in [0.2, 0.25) is 0 Å². The first-order valence-corrected chi connectivity index (χ1v) is 11.4. The molecule has 3 heteroatoms. The van der Waals surface area contributed by atoms with E-state index < -0.39 is 0 Å². The van der Waals surface area contributed by atoms with Crippen molar-refractivity contribution in [3.05, 3.63) is 34.9 Å². The Morgan fingerprint density at radius 2 is 0.931 bits per heavy atom. The van der Waals surface area contributed by atoms with Crippen molar-refractivity contribution in [2.24, 2.45) is 5.92 Å². The van der Waals surface area contributed by atoms with Gasteiger partial charge in [-0.25, -0.2) is 0 Å². The monoisotopic (exact) mass is 404 g/mol. The summed E-state index contributed by atoms with van der Waals surface area (Å²) in [7, 11) is 0. The number of carbonyl (C=O) groups is 3. The maximum Gasteiger partial charge on any atom is 0.165 e. The summed E-state index contributed by atoms with van der Waals surface area (Å²) in [6.45, 7) is 15.6. The van der Waals surface area contributed by atoms with E-state index in [1.807, 2.05) is 13.8 Å². The molecule has 0 aliphatic rings. The van der Waals surface area contributed by atoms with E-state index in [4.69, 9.17) is 0 Å². The molecule has 1 aromatic carbocycles. The standard InChI is InChI=1S/C16H20O3.2C5H12/c1-5-12(6-2)16(19)15-8-13(10(3)17)7-14(9-15)11(4)18;2*1-3-5-4-2/h7-9,12H,5-6H2,1-4H3;2*3-5H2,1-2H3. The van der Waals surface area contributed by atoms with Crippen LogP contribution in [0.3, 0.4) is 0 Å². The van der Waals surface area contributed by atoms with Crippen LogP contribution in [0.2, 0.25) is 0 Å². The lowest BCUT2D eigenvalue weighted by Crippen LogP contribution is -2.14. The summed E-state index contributed by atoms with van der Waals surface area (Å²) in [6, 6.07) is 4.74. The summed E-state index contributed by atoms with van der Waals surface area (Å²) < 4.78 is 0. The van der Waals surface area contributed by atoms with E-state index in [2.05, 4.69) is 27.7 Å². The second-order valence-corrected chi connectivity index (χ2v) is 7.50. The van der Waals surface area contributed by atoms with Crippen molar-refractivity contribution in [3.63, 3.8) is 0 Å². The largest absolute Gasteiger partial charge is 0.295 e. The molecular weight excluding hydrogens is 360 g/mol. The Morgan fingerprint density at radius 1 is 0.621 bits per heavy atom. The normalized spacial score (nSPS) is 9.83. The van der Waals surface area contributed by atoms with Crippen LogP contribution in [0, 0.1) is 5.92 Å². The molecule has 0 spiro atoms. The van der Waals surface area contributed by atoms with Crippen LogP contribution in [0.4, 0.5) is 0 Å². The summed E-state index contributed by atoms with van der Waals surface area (Å²) in [5, 5.41) is 0. The van der Waals surface area contributed by atoms with Gasteiger partial charge in [-0.1, -0.05) is 80.1 Å². The lowest BCUT2D eigenvalue weighted by atomic mass is 9.90. The third kappa shape index (κ3) is 13.1. The fraction of sp³-hybridized carbons (Fsp3) is 0.654. The van der Waals surface area contributed by atoms with Gasteiger partial charge in [0.25, 0.3) is 0 Å². The number of hydrogen-bond donors (Lipinski definition) is 0. The van der Waals surface area contributed by atoms with Crippen LogP contribution in [-0.4, -0.2) is 17.3 Å². The van der Waals surface area contributed by atoms with Gasteiger partial charge in [0.1, 0.15) is 0 Å². The number of carbonyl (C=O) groups excluding carboxylic acids is 3. The highest BCUT2D eigenvalue weighted by atomic mass is 16.1. The lowest BCUT2D eigenvalue weighted by Gasteiger charge is -2.12. The summed E-state index contributed by atoms with van der Waals surface area (Å²) in [4.78, 5) is 35.3. The third-order valence-corrected chi connectivity index (χ3v) is 4.80. The topological polar surface area (TPSA) is 51.2 Å². The van der Waals surface area contributed by atoms with Crippen molar-refractivity contribution in [1.29, 1.82) is 0 Å². The molecule has 0 amide bonds. The van der Waals surface area contributed by atoms with Crippen molar-refractivity contribution in [3.8, 4) is 0 Å². The predicted molar refractivity (Wildman–Crippen MR) is 125 cm³/mol. The number of unbranched alkanes of at least 4 members (excludes halogenated alkanes) is 4. The van der Waals surface area contributed by atoms with Crippen LogP contribution < -0.4 is 0 Å². The van der Waals surface area contributed by atoms with Crippen molar-refractivity contribution in [1.82, 2.24) is 0 Å². The van der Waals surface area contributed by atoms with Crippen LogP contribution in [0.15, 0.2) is 18.2 Å². The van der Waals surface area contributed by atoms with Crippen molar-refractivity contribution in [2.75, 3.05) is 0 Å². The molecule has 0 unspecified atom stereocenters. The molecule has 0 aliphatic carbocycles. The van der Waals surface area contributed by atoms with Crippen LogP contribution in [0.25, 0.3) is 0 Å². The summed E-state index contributed by atoms with van der Waals surface area (Å²) in [5.41, 5.74) is 1.30. The molecule has 0 N–H and O–H groups in total. The first kappa shape index (κ1) is 29.4. The minimum absolute atomic E-state index is 0.00981. The Balaban J connectivity index is 0. The first-order chi connectivity index (χ1) is 13.7. The minimum Gasteiger partial charge on any atom is -0.295 e. The molecule has 1 rings (SSSR count). The van der Waals surface area contributed by atoms with Crippen molar-refractivity contribution in [2.45, 2.75) is 107 Å². The minimum atomic E-state index is -0.137. The predicted octanol–water partition coefficient (Wildman–Crippen LogP) is 8.10. The van der Waals surface area contributed by atoms with Crippen LogP contribution >= 0.6 is 0 Å². The fourth-order valence-corrected chi connectivity index (χ4v) is 2.78. The lowest BCUT2D eigenvalue weighted by molar-refractivity contribution is 0.0913. The van der Waals surface area contributed by atoms with Crippen LogP contribution in [0.1, 0.15) is 138 Å². The molecule has 1 aromatic rings. The Hall–Kier alpha value is -1.77. The van der Waals surface area contributed by atoms with E-state index in [-0.39, 0.29) is 23.3 Å². The van der Waals surface area contributed by atoms with Crippen molar-refractivity contribution < 1.29 is 14.4 Å². The number of ketones is 3. The third-order valence-electron chi connectivity index (χ3n) is 4.80. The van der Waals surface area contributed by atoms with E-state index in [1.54, 1.807) is 18.2 Å². The summed E-state index contributed by atoms with van der Waals surface area (Å²) >= 11 is 0. The first-order valence-electron chi connectivity index (χ1n) is 11.4. The molecule has 0 aliphatic heterocycles. The van der Waals surface area contributed by atoms with E-state index in [0.717, 1.165) is 12.8 Å². The number of hydrogen-bond acceptors (Lipinski definition) is 3. The van der Waals surface area contributed by atoms with Crippen LogP contribution in [0.5, 0.6) is 0 Å². The zero-order chi connectivity index (χ0) is 22.8. The Bertz CT molecular complexity index is 556. The molecule has 0 aromatic heterocycles. The Kier molecular flexibility index (Phi) is 18.5. The average molecular weight is 405 g/mol. The smallest absolute Gasteiger partial charge is 0.165 e. The van der Waals surface area contributed by atoms with E-state index >= 15 is 0 Å². The summed E-state index contributed by atoms with van der Waals surface area (Å²) in [6.07, 6.45) is 9.67. The highest BCUT2D eigenvalue weighted by Gasteiger charge is 2.19. The van der Waals surface area contributed by atoms with Gasteiger partial charge in [0, 0.05) is 22.6 Å². The molecule has 166 valence electrons. The highest BCUT2D eigenvalue weighted by molar-refractivity contribution is 6.05. The van der Waals surface area contributed by atoms with Gasteiger partial charge in [0.05, 0.1) is 0 Å². The van der Waals surface area contributed by atoms with Gasteiger partial charge in [-0.15, -0.1) is 0 Å². The van der Waals surface area contributed by atoms with Gasteiger partial charge >= 0.3 is 0 Å². The van der Waals surface area contributed by atoms with Gasteiger partial charge in [-0.05, 0) is 44.9 Å². The molecule has 0 radical (unpaired) electrons.